The van der Waals surface area contributed by atoms with E-state index >= 15 is 0 Å². The zero-order valence-corrected chi connectivity index (χ0v) is 13.8. The van der Waals surface area contributed by atoms with Crippen molar-refractivity contribution in [2.75, 3.05) is 19.7 Å². The lowest BCUT2D eigenvalue weighted by Crippen LogP contribution is -2.30. The molecule has 1 atom stereocenters. The molecule has 2 aromatic rings. The van der Waals surface area contributed by atoms with Crippen molar-refractivity contribution >= 4 is 20.8 Å². The molecule has 0 bridgehead atoms. The maximum Gasteiger partial charge on any atom is 0.243 e. The van der Waals surface area contributed by atoms with Crippen LogP contribution in [0.2, 0.25) is 0 Å². The smallest absolute Gasteiger partial charge is 0.243 e. The first-order valence-corrected chi connectivity index (χ1v) is 9.68. The standard InChI is InChI=1S/C18H21NO3S/c20-23(21,18-7-3-5-15-4-1-2-6-17(15)18)19-11-10-16(12-19)22-13-14-8-9-14/h1-7,14,16H,8-13H2. The number of sulfonamides is 1. The van der Waals surface area contributed by atoms with Crippen LogP contribution in [0.4, 0.5) is 0 Å². The van der Waals surface area contributed by atoms with Crippen molar-refractivity contribution in [3.63, 3.8) is 0 Å². The fraction of sp³-hybridized carbons (Fsp3) is 0.444. The zero-order valence-electron chi connectivity index (χ0n) is 13.0. The van der Waals surface area contributed by atoms with E-state index in [1.165, 1.54) is 12.8 Å². The number of ether oxygens (including phenoxy) is 1. The van der Waals surface area contributed by atoms with Crippen LogP contribution in [0.1, 0.15) is 19.3 Å². The number of benzene rings is 2. The summed E-state index contributed by atoms with van der Waals surface area (Å²) in [5, 5.41) is 1.74. The first-order chi connectivity index (χ1) is 11.1. The highest BCUT2D eigenvalue weighted by atomic mass is 32.2. The monoisotopic (exact) mass is 331 g/mol. The van der Waals surface area contributed by atoms with Gasteiger partial charge >= 0.3 is 0 Å². The van der Waals surface area contributed by atoms with Gasteiger partial charge in [-0.05, 0) is 36.6 Å². The second-order valence-electron chi connectivity index (χ2n) is 6.53. The third-order valence-electron chi connectivity index (χ3n) is 4.74. The van der Waals surface area contributed by atoms with E-state index in [0.717, 1.165) is 23.8 Å². The van der Waals surface area contributed by atoms with Crippen LogP contribution in [0, 0.1) is 5.92 Å². The number of nitrogens with zero attached hydrogens (tertiary/aromatic N) is 1. The van der Waals surface area contributed by atoms with Gasteiger partial charge in [-0.2, -0.15) is 4.31 Å². The average molecular weight is 331 g/mol. The van der Waals surface area contributed by atoms with Crippen LogP contribution < -0.4 is 0 Å². The van der Waals surface area contributed by atoms with Gasteiger partial charge in [-0.15, -0.1) is 0 Å². The molecular formula is C18H21NO3S. The number of hydrogen-bond donors (Lipinski definition) is 0. The Morgan fingerprint density at radius 2 is 1.83 bits per heavy atom. The third kappa shape index (κ3) is 3.01. The molecule has 0 aromatic heterocycles. The summed E-state index contributed by atoms with van der Waals surface area (Å²) in [6.07, 6.45) is 3.34. The summed E-state index contributed by atoms with van der Waals surface area (Å²) in [6, 6.07) is 13.1. The van der Waals surface area contributed by atoms with Crippen molar-refractivity contribution in [1.82, 2.24) is 4.31 Å². The predicted molar refractivity (Wildman–Crippen MR) is 89.8 cm³/mol. The molecule has 1 heterocycles. The number of rotatable bonds is 5. The Morgan fingerprint density at radius 1 is 1.04 bits per heavy atom. The highest BCUT2D eigenvalue weighted by Gasteiger charge is 2.34. The van der Waals surface area contributed by atoms with Gasteiger partial charge in [-0.1, -0.05) is 36.4 Å². The fourth-order valence-electron chi connectivity index (χ4n) is 3.17. The van der Waals surface area contributed by atoms with Gasteiger partial charge in [0.25, 0.3) is 0 Å². The number of hydrogen-bond acceptors (Lipinski definition) is 3. The van der Waals surface area contributed by atoms with Gasteiger partial charge in [-0.25, -0.2) is 8.42 Å². The molecule has 1 unspecified atom stereocenters. The first kappa shape index (κ1) is 15.1. The summed E-state index contributed by atoms with van der Waals surface area (Å²) < 4.78 is 33.5. The molecule has 122 valence electrons. The lowest BCUT2D eigenvalue weighted by Gasteiger charge is -2.18. The number of fused-ring (bicyclic) bond motifs is 1. The molecule has 5 heteroatoms. The van der Waals surface area contributed by atoms with E-state index in [2.05, 4.69) is 0 Å². The maximum atomic E-state index is 13.0. The van der Waals surface area contributed by atoms with Gasteiger partial charge in [0.15, 0.2) is 0 Å². The van der Waals surface area contributed by atoms with Crippen LogP contribution in [-0.2, 0) is 14.8 Å². The quantitative estimate of drug-likeness (QED) is 0.846. The van der Waals surface area contributed by atoms with Crippen molar-refractivity contribution in [3.8, 4) is 0 Å². The van der Waals surface area contributed by atoms with Gasteiger partial charge < -0.3 is 4.74 Å². The lowest BCUT2D eigenvalue weighted by molar-refractivity contribution is 0.0561. The highest BCUT2D eigenvalue weighted by molar-refractivity contribution is 7.89. The van der Waals surface area contributed by atoms with Crippen LogP contribution in [0.5, 0.6) is 0 Å². The summed E-state index contributed by atoms with van der Waals surface area (Å²) in [6.45, 7) is 1.80. The molecule has 0 spiro atoms. The Morgan fingerprint density at radius 3 is 2.65 bits per heavy atom. The fourth-order valence-corrected chi connectivity index (χ4v) is 4.87. The minimum Gasteiger partial charge on any atom is -0.377 e. The van der Waals surface area contributed by atoms with Gasteiger partial charge in [0.2, 0.25) is 10.0 Å². The van der Waals surface area contributed by atoms with Gasteiger partial charge in [0.1, 0.15) is 0 Å². The van der Waals surface area contributed by atoms with Crippen LogP contribution in [0.25, 0.3) is 10.8 Å². The van der Waals surface area contributed by atoms with Crippen LogP contribution >= 0.6 is 0 Å². The average Bonchev–Trinajstić information content (AvgIpc) is 3.27. The molecule has 1 aliphatic carbocycles. The molecule has 2 aliphatic rings. The summed E-state index contributed by atoms with van der Waals surface area (Å²) in [5.41, 5.74) is 0. The van der Waals surface area contributed by atoms with E-state index in [-0.39, 0.29) is 6.10 Å². The van der Waals surface area contributed by atoms with E-state index in [9.17, 15) is 8.42 Å². The highest BCUT2D eigenvalue weighted by Crippen LogP contribution is 2.31. The molecule has 0 radical (unpaired) electrons. The van der Waals surface area contributed by atoms with Crippen LogP contribution in [0.15, 0.2) is 47.4 Å². The van der Waals surface area contributed by atoms with Gasteiger partial charge in [-0.3, -0.25) is 0 Å². The van der Waals surface area contributed by atoms with Gasteiger partial charge in [0.05, 0.1) is 11.0 Å². The SMILES string of the molecule is O=S(=O)(c1cccc2ccccc12)N1CCC(OCC2CC2)C1. The van der Waals surface area contributed by atoms with Crippen molar-refractivity contribution in [2.45, 2.75) is 30.3 Å². The summed E-state index contributed by atoms with van der Waals surface area (Å²) in [4.78, 5) is 0.401. The Bertz CT molecular complexity index is 809. The molecule has 1 aliphatic heterocycles. The Kier molecular flexibility index (Phi) is 3.87. The molecule has 2 aromatic carbocycles. The molecule has 1 saturated heterocycles. The molecule has 23 heavy (non-hydrogen) atoms. The van der Waals surface area contributed by atoms with E-state index in [0.29, 0.717) is 23.9 Å². The normalized spacial score (nSPS) is 22.7. The summed E-state index contributed by atoms with van der Waals surface area (Å²) in [5.74, 6) is 0.707. The van der Waals surface area contributed by atoms with Crippen LogP contribution in [-0.4, -0.2) is 38.5 Å². The molecular weight excluding hydrogens is 310 g/mol. The topological polar surface area (TPSA) is 46.6 Å². The van der Waals surface area contributed by atoms with Gasteiger partial charge in [0, 0.05) is 25.1 Å². The molecule has 0 amide bonds. The van der Waals surface area contributed by atoms with E-state index < -0.39 is 10.0 Å². The van der Waals surface area contributed by atoms with Crippen LogP contribution in [0.3, 0.4) is 0 Å². The van der Waals surface area contributed by atoms with E-state index in [1.807, 2.05) is 36.4 Å². The molecule has 4 rings (SSSR count). The third-order valence-corrected chi connectivity index (χ3v) is 6.66. The predicted octanol–water partition coefficient (Wildman–Crippen LogP) is 3.03. The van der Waals surface area contributed by atoms with Crippen molar-refractivity contribution in [3.05, 3.63) is 42.5 Å². The Hall–Kier alpha value is -1.43. The molecule has 0 N–H and O–H groups in total. The zero-order chi connectivity index (χ0) is 15.9. The van der Waals surface area contributed by atoms with Crippen molar-refractivity contribution < 1.29 is 13.2 Å². The largest absolute Gasteiger partial charge is 0.377 e. The van der Waals surface area contributed by atoms with E-state index in [1.54, 1.807) is 10.4 Å². The molecule has 2 fully saturated rings. The first-order valence-electron chi connectivity index (χ1n) is 8.24. The minimum absolute atomic E-state index is 0.0420. The lowest BCUT2D eigenvalue weighted by atomic mass is 10.1. The Balaban J connectivity index is 1.57. The Labute approximate surface area is 137 Å². The molecule has 4 nitrogen and oxygen atoms in total. The second-order valence-corrected chi connectivity index (χ2v) is 8.43. The minimum atomic E-state index is -3.47. The summed E-state index contributed by atoms with van der Waals surface area (Å²) >= 11 is 0. The summed E-state index contributed by atoms with van der Waals surface area (Å²) in [7, 11) is -3.47. The maximum absolute atomic E-state index is 13.0. The van der Waals surface area contributed by atoms with E-state index in [4.69, 9.17) is 4.74 Å². The van der Waals surface area contributed by atoms with Crippen molar-refractivity contribution in [2.24, 2.45) is 5.92 Å². The van der Waals surface area contributed by atoms with Crippen molar-refractivity contribution in [1.29, 1.82) is 0 Å². The molecule has 1 saturated carbocycles. The second kappa shape index (κ2) is 5.89.